The van der Waals surface area contributed by atoms with Crippen LogP contribution in [0.4, 0.5) is 5.69 Å². The Morgan fingerprint density at radius 1 is 1.20 bits per heavy atom. The predicted octanol–water partition coefficient (Wildman–Crippen LogP) is 3.48. The van der Waals surface area contributed by atoms with Gasteiger partial charge in [0.05, 0.1) is 17.2 Å². The van der Waals surface area contributed by atoms with Gasteiger partial charge in [0, 0.05) is 30.7 Å². The number of rotatable bonds is 8. The number of amides is 1. The van der Waals surface area contributed by atoms with Crippen LogP contribution in [-0.2, 0) is 21.4 Å². The van der Waals surface area contributed by atoms with Gasteiger partial charge < -0.3 is 5.32 Å². The molecule has 1 fully saturated rings. The van der Waals surface area contributed by atoms with Crippen molar-refractivity contribution in [2.24, 2.45) is 0 Å². The van der Waals surface area contributed by atoms with E-state index in [1.807, 2.05) is 25.1 Å². The number of thiazole rings is 1. The zero-order valence-electron chi connectivity index (χ0n) is 17.8. The Kier molecular flexibility index (Phi) is 7.62. The van der Waals surface area contributed by atoms with Gasteiger partial charge in [0.15, 0.2) is 0 Å². The van der Waals surface area contributed by atoms with E-state index in [1.54, 1.807) is 42.6 Å². The lowest BCUT2D eigenvalue weighted by Gasteiger charge is -2.31. The number of benzene rings is 1. The van der Waals surface area contributed by atoms with Gasteiger partial charge in [-0.15, -0.1) is 11.3 Å². The Morgan fingerprint density at radius 2 is 1.90 bits per heavy atom. The third-order valence-corrected chi connectivity index (χ3v) is 8.28. The molecule has 1 N–H and O–H groups in total. The number of carbonyl (C=O) groups excluding carboxylic acids is 1. The van der Waals surface area contributed by atoms with Gasteiger partial charge in [-0.3, -0.25) is 9.69 Å². The number of para-hydroxylation sites is 1. The van der Waals surface area contributed by atoms with Gasteiger partial charge in [0.2, 0.25) is 15.9 Å². The van der Waals surface area contributed by atoms with Crippen LogP contribution in [0.1, 0.15) is 42.0 Å². The normalized spacial score (nSPS) is 15.6. The molecule has 1 saturated carbocycles. The first-order valence-corrected chi connectivity index (χ1v) is 12.5. The van der Waals surface area contributed by atoms with E-state index < -0.39 is 10.0 Å². The third kappa shape index (κ3) is 5.66. The Balaban J connectivity index is 1.68. The van der Waals surface area contributed by atoms with Crippen LogP contribution < -0.4 is 5.32 Å². The van der Waals surface area contributed by atoms with E-state index in [-0.39, 0.29) is 23.4 Å². The number of anilines is 1. The highest BCUT2D eigenvalue weighted by Gasteiger charge is 2.31. The summed E-state index contributed by atoms with van der Waals surface area (Å²) in [6.45, 7) is 2.72. The number of nitrogens with zero attached hydrogens (tertiary/aromatic N) is 3. The molecule has 0 radical (unpaired) electrons. The molecule has 1 aliphatic rings. The maximum atomic E-state index is 13.3. The minimum atomic E-state index is -3.69. The van der Waals surface area contributed by atoms with Gasteiger partial charge in [-0.1, -0.05) is 31.4 Å². The van der Waals surface area contributed by atoms with E-state index in [1.165, 1.54) is 4.31 Å². The molecule has 7 nitrogen and oxygen atoms in total. The summed E-state index contributed by atoms with van der Waals surface area (Å²) in [4.78, 5) is 19.9. The fraction of sp³-hybridized carbons (Fsp3) is 0.524. The van der Waals surface area contributed by atoms with Crippen LogP contribution in [0.15, 0.2) is 35.4 Å². The molecule has 3 rings (SSSR count). The van der Waals surface area contributed by atoms with Crippen molar-refractivity contribution in [3.8, 4) is 0 Å². The largest absolute Gasteiger partial charge is 0.324 e. The van der Waals surface area contributed by atoms with Crippen molar-refractivity contribution < 1.29 is 13.2 Å². The van der Waals surface area contributed by atoms with Gasteiger partial charge >= 0.3 is 0 Å². The number of nitrogens with one attached hydrogen (secondary N) is 1. The molecule has 1 heterocycles. The molecule has 1 aromatic heterocycles. The average Bonchev–Trinajstić information content (AvgIpc) is 3.12. The summed E-state index contributed by atoms with van der Waals surface area (Å²) in [6.07, 6.45) is 6.84. The fourth-order valence-corrected chi connectivity index (χ4v) is 6.26. The van der Waals surface area contributed by atoms with E-state index in [4.69, 9.17) is 0 Å². The van der Waals surface area contributed by atoms with Crippen LogP contribution in [0.3, 0.4) is 0 Å². The van der Waals surface area contributed by atoms with Crippen molar-refractivity contribution in [2.45, 2.75) is 56.5 Å². The van der Waals surface area contributed by atoms with Crippen LogP contribution in [0.2, 0.25) is 0 Å². The second kappa shape index (κ2) is 10.00. The molecule has 30 heavy (non-hydrogen) atoms. The zero-order valence-corrected chi connectivity index (χ0v) is 19.4. The van der Waals surface area contributed by atoms with Crippen molar-refractivity contribution >= 4 is 33.0 Å². The molecule has 0 saturated heterocycles. The third-order valence-electron chi connectivity index (χ3n) is 5.42. The van der Waals surface area contributed by atoms with Gasteiger partial charge in [-0.2, -0.15) is 4.31 Å². The Labute approximate surface area is 183 Å². The summed E-state index contributed by atoms with van der Waals surface area (Å²) >= 11 is 1.60. The van der Waals surface area contributed by atoms with Crippen molar-refractivity contribution in [1.82, 2.24) is 14.2 Å². The highest BCUT2D eigenvalue weighted by atomic mass is 32.2. The molecule has 9 heteroatoms. The smallest absolute Gasteiger partial charge is 0.245 e. The number of aryl methyl sites for hydroxylation is 1. The molecule has 0 aliphatic heterocycles. The Hall–Kier alpha value is -1.81. The first-order valence-electron chi connectivity index (χ1n) is 10.2. The molecular weight excluding hydrogens is 420 g/mol. The van der Waals surface area contributed by atoms with E-state index in [2.05, 4.69) is 10.3 Å². The zero-order chi connectivity index (χ0) is 21.7. The predicted molar refractivity (Wildman–Crippen MR) is 120 cm³/mol. The molecular formula is C21H30N4O3S2. The molecule has 0 unspecified atom stereocenters. The summed E-state index contributed by atoms with van der Waals surface area (Å²) in [5.41, 5.74) is 0.326. The van der Waals surface area contributed by atoms with Crippen LogP contribution in [0.25, 0.3) is 0 Å². The standard InChI is InChI=1S/C21H30N4O3S2/c1-16-22-13-18(29-16)14-24(2)15-21(26)23-19-11-7-8-12-20(19)30(27,28)25(3)17-9-5-4-6-10-17/h7-8,11-13,17H,4-6,9-10,14-15H2,1-3H3,(H,23,26). The second-order valence-corrected chi connectivity index (χ2v) is 11.2. The van der Waals surface area contributed by atoms with Crippen molar-refractivity contribution in [3.05, 3.63) is 40.3 Å². The summed E-state index contributed by atoms with van der Waals surface area (Å²) in [5, 5.41) is 3.79. The molecule has 1 aliphatic carbocycles. The van der Waals surface area contributed by atoms with Gasteiger partial charge in [0.25, 0.3) is 0 Å². The topological polar surface area (TPSA) is 82.6 Å². The van der Waals surface area contributed by atoms with Gasteiger partial charge in [0.1, 0.15) is 4.90 Å². The average molecular weight is 451 g/mol. The molecule has 2 aromatic rings. The van der Waals surface area contributed by atoms with E-state index >= 15 is 0 Å². The van der Waals surface area contributed by atoms with Crippen LogP contribution >= 0.6 is 11.3 Å². The summed E-state index contributed by atoms with van der Waals surface area (Å²) in [6, 6.07) is 6.65. The first-order chi connectivity index (χ1) is 14.3. The van der Waals surface area contributed by atoms with Crippen molar-refractivity contribution in [1.29, 1.82) is 0 Å². The van der Waals surface area contributed by atoms with Crippen molar-refractivity contribution in [3.63, 3.8) is 0 Å². The maximum absolute atomic E-state index is 13.3. The minimum Gasteiger partial charge on any atom is -0.324 e. The number of hydrogen-bond acceptors (Lipinski definition) is 6. The molecule has 0 spiro atoms. The highest BCUT2D eigenvalue weighted by Crippen LogP contribution is 2.29. The molecule has 0 atom stereocenters. The second-order valence-electron chi connectivity index (χ2n) is 7.88. The Bertz CT molecular complexity index is 968. The number of sulfonamides is 1. The summed E-state index contributed by atoms with van der Waals surface area (Å²) in [5.74, 6) is -0.248. The lowest BCUT2D eigenvalue weighted by atomic mass is 9.96. The quantitative estimate of drug-likeness (QED) is 0.666. The lowest BCUT2D eigenvalue weighted by molar-refractivity contribution is -0.117. The first kappa shape index (κ1) is 22.9. The number of aromatic nitrogens is 1. The Morgan fingerprint density at radius 3 is 2.57 bits per heavy atom. The summed E-state index contributed by atoms with van der Waals surface area (Å²) < 4.78 is 28.0. The van der Waals surface area contributed by atoms with E-state index in [0.717, 1.165) is 42.0 Å². The van der Waals surface area contributed by atoms with Gasteiger partial charge in [-0.25, -0.2) is 13.4 Å². The number of likely N-dealkylation sites (N-methyl/N-ethyl adjacent to an activating group) is 1. The summed E-state index contributed by atoms with van der Waals surface area (Å²) in [7, 11) is -0.188. The van der Waals surface area contributed by atoms with Crippen molar-refractivity contribution in [2.75, 3.05) is 26.0 Å². The van der Waals surface area contributed by atoms with Crippen LogP contribution in [0, 0.1) is 6.92 Å². The van der Waals surface area contributed by atoms with Crippen LogP contribution in [0.5, 0.6) is 0 Å². The maximum Gasteiger partial charge on any atom is 0.245 e. The molecule has 1 aromatic carbocycles. The number of hydrogen-bond donors (Lipinski definition) is 1. The van der Waals surface area contributed by atoms with E-state index in [0.29, 0.717) is 12.2 Å². The monoisotopic (exact) mass is 450 g/mol. The molecule has 0 bridgehead atoms. The van der Waals surface area contributed by atoms with Gasteiger partial charge in [-0.05, 0) is 38.9 Å². The van der Waals surface area contributed by atoms with Crippen LogP contribution in [-0.4, -0.2) is 55.2 Å². The van der Waals surface area contributed by atoms with E-state index in [9.17, 15) is 13.2 Å². The molecule has 164 valence electrons. The highest BCUT2D eigenvalue weighted by molar-refractivity contribution is 7.89. The molecule has 1 amide bonds. The fourth-order valence-electron chi connectivity index (χ4n) is 3.83. The lowest BCUT2D eigenvalue weighted by Crippen LogP contribution is -2.38. The minimum absolute atomic E-state index is 0.0153. The number of carbonyl (C=O) groups is 1. The SMILES string of the molecule is Cc1ncc(CN(C)CC(=O)Nc2ccccc2S(=O)(=O)N(C)C2CCCCC2)s1.